The fraction of sp³-hybridized carbons (Fsp3) is 0.462. The minimum atomic E-state index is -0.0325. The summed E-state index contributed by atoms with van der Waals surface area (Å²) in [7, 11) is 0. The number of carbonyl (C=O) groups excluding carboxylic acids is 1. The van der Waals surface area contributed by atoms with Gasteiger partial charge in [-0.15, -0.1) is 0 Å². The summed E-state index contributed by atoms with van der Waals surface area (Å²) in [6.45, 7) is 3.74. The van der Waals surface area contributed by atoms with E-state index in [0.717, 1.165) is 17.6 Å². The lowest BCUT2D eigenvalue weighted by Crippen LogP contribution is -2.49. The fourth-order valence-electron chi connectivity index (χ4n) is 2.16. The minimum Gasteiger partial charge on any atom is -0.395 e. The van der Waals surface area contributed by atoms with Crippen LogP contribution in [0.2, 0.25) is 5.02 Å². The zero-order valence-electron chi connectivity index (χ0n) is 10.5. The molecule has 6 heteroatoms. The van der Waals surface area contributed by atoms with Gasteiger partial charge in [0.25, 0.3) is 5.91 Å². The van der Waals surface area contributed by atoms with E-state index >= 15 is 0 Å². The molecule has 1 saturated heterocycles. The number of β-amino-alcohol motifs (C(OH)–C–C–N with tert-alkyl or cyclic N) is 1. The number of hydrogen-bond acceptors (Lipinski definition) is 3. The minimum absolute atomic E-state index is 0.0325. The molecule has 1 amide bonds. The number of aliphatic hydroxyl groups is 1. The maximum Gasteiger partial charge on any atom is 0.255 e. The molecule has 2 rings (SSSR count). The lowest BCUT2D eigenvalue weighted by molar-refractivity contribution is 0.0615. The van der Waals surface area contributed by atoms with E-state index in [0.29, 0.717) is 30.2 Å². The van der Waals surface area contributed by atoms with Gasteiger partial charge in [0.05, 0.1) is 17.2 Å². The van der Waals surface area contributed by atoms with Crippen molar-refractivity contribution in [3.63, 3.8) is 0 Å². The van der Waals surface area contributed by atoms with Gasteiger partial charge in [-0.1, -0.05) is 17.7 Å². The van der Waals surface area contributed by atoms with Crippen LogP contribution in [0.5, 0.6) is 0 Å². The Bertz CT molecular complexity index is 462. The highest BCUT2D eigenvalue weighted by molar-refractivity contribution is 9.10. The van der Waals surface area contributed by atoms with E-state index in [1.165, 1.54) is 0 Å². The zero-order chi connectivity index (χ0) is 13.8. The average Bonchev–Trinajstić information content (AvgIpc) is 2.42. The van der Waals surface area contributed by atoms with Crippen LogP contribution >= 0.6 is 27.5 Å². The first-order valence-electron chi connectivity index (χ1n) is 6.20. The molecule has 0 aromatic heterocycles. The van der Waals surface area contributed by atoms with Crippen LogP contribution in [0.15, 0.2) is 22.7 Å². The van der Waals surface area contributed by atoms with Gasteiger partial charge in [0.15, 0.2) is 0 Å². The first-order chi connectivity index (χ1) is 9.13. The van der Waals surface area contributed by atoms with E-state index in [4.69, 9.17) is 16.7 Å². The summed E-state index contributed by atoms with van der Waals surface area (Å²) in [4.78, 5) is 16.3. The van der Waals surface area contributed by atoms with Crippen LogP contribution in [0.4, 0.5) is 0 Å². The van der Waals surface area contributed by atoms with Gasteiger partial charge in [0.1, 0.15) is 0 Å². The van der Waals surface area contributed by atoms with Crippen molar-refractivity contribution < 1.29 is 9.90 Å². The lowest BCUT2D eigenvalue weighted by Gasteiger charge is -2.34. The van der Waals surface area contributed by atoms with Gasteiger partial charge in [-0.2, -0.15) is 0 Å². The van der Waals surface area contributed by atoms with E-state index < -0.39 is 0 Å². The molecule has 1 N–H and O–H groups in total. The molecule has 0 aliphatic carbocycles. The zero-order valence-corrected chi connectivity index (χ0v) is 12.8. The quantitative estimate of drug-likeness (QED) is 0.907. The van der Waals surface area contributed by atoms with E-state index in [2.05, 4.69) is 20.8 Å². The van der Waals surface area contributed by atoms with E-state index in [9.17, 15) is 4.79 Å². The molecule has 0 radical (unpaired) electrons. The third-order valence-corrected chi connectivity index (χ3v) is 4.55. The van der Waals surface area contributed by atoms with Crippen LogP contribution in [0.1, 0.15) is 10.4 Å². The normalized spacial score (nSPS) is 16.7. The van der Waals surface area contributed by atoms with Crippen molar-refractivity contribution in [2.75, 3.05) is 39.3 Å². The number of hydrogen-bond donors (Lipinski definition) is 1. The second-order valence-corrected chi connectivity index (χ2v) is 5.69. The van der Waals surface area contributed by atoms with E-state index in [1.54, 1.807) is 6.07 Å². The Balaban J connectivity index is 2.03. The molecule has 1 aliphatic rings. The van der Waals surface area contributed by atoms with Crippen molar-refractivity contribution in [1.82, 2.24) is 9.80 Å². The summed E-state index contributed by atoms with van der Waals surface area (Å²) in [5, 5.41) is 9.36. The number of benzene rings is 1. The Morgan fingerprint density at radius 3 is 2.63 bits per heavy atom. The van der Waals surface area contributed by atoms with Crippen molar-refractivity contribution >= 4 is 33.4 Å². The van der Waals surface area contributed by atoms with E-state index in [-0.39, 0.29) is 12.5 Å². The van der Waals surface area contributed by atoms with Gasteiger partial charge < -0.3 is 10.0 Å². The molecular formula is C13H16BrClN2O2. The molecule has 1 aliphatic heterocycles. The number of halogens is 2. The van der Waals surface area contributed by atoms with Crippen LogP contribution in [0, 0.1) is 0 Å². The summed E-state index contributed by atoms with van der Waals surface area (Å²) >= 11 is 9.48. The average molecular weight is 348 g/mol. The second-order valence-electron chi connectivity index (χ2n) is 4.46. The van der Waals surface area contributed by atoms with Crippen LogP contribution in [-0.2, 0) is 0 Å². The number of carbonyl (C=O) groups is 1. The van der Waals surface area contributed by atoms with Crippen LogP contribution in [0.25, 0.3) is 0 Å². The maximum atomic E-state index is 12.4. The molecular weight excluding hydrogens is 332 g/mol. The number of rotatable bonds is 3. The van der Waals surface area contributed by atoms with Crippen molar-refractivity contribution in [3.05, 3.63) is 33.3 Å². The SMILES string of the molecule is O=C(c1cccc(Br)c1Cl)N1CCN(CCO)CC1. The van der Waals surface area contributed by atoms with Crippen molar-refractivity contribution in [2.24, 2.45) is 0 Å². The number of piperazine rings is 1. The van der Waals surface area contributed by atoms with Crippen molar-refractivity contribution in [2.45, 2.75) is 0 Å². The number of amides is 1. The monoisotopic (exact) mass is 346 g/mol. The van der Waals surface area contributed by atoms with Gasteiger partial charge >= 0.3 is 0 Å². The molecule has 1 heterocycles. The Hall–Kier alpha value is -0.620. The first kappa shape index (κ1) is 14.8. The topological polar surface area (TPSA) is 43.8 Å². The van der Waals surface area contributed by atoms with Gasteiger partial charge in [0, 0.05) is 37.2 Å². The molecule has 1 aromatic carbocycles. The molecule has 19 heavy (non-hydrogen) atoms. The standard InChI is InChI=1S/C13H16BrClN2O2/c14-11-3-1-2-10(12(11)15)13(19)17-6-4-16(5-7-17)8-9-18/h1-3,18H,4-9H2. The molecule has 0 unspecified atom stereocenters. The van der Waals surface area contributed by atoms with Gasteiger partial charge in [-0.05, 0) is 28.1 Å². The second kappa shape index (κ2) is 6.70. The van der Waals surface area contributed by atoms with Crippen molar-refractivity contribution in [1.29, 1.82) is 0 Å². The number of nitrogens with zero attached hydrogens (tertiary/aromatic N) is 2. The molecule has 1 aromatic rings. The molecule has 0 bridgehead atoms. The Morgan fingerprint density at radius 2 is 2.00 bits per heavy atom. The fourth-order valence-corrected chi connectivity index (χ4v) is 2.73. The first-order valence-corrected chi connectivity index (χ1v) is 7.37. The Morgan fingerprint density at radius 1 is 1.32 bits per heavy atom. The molecule has 0 spiro atoms. The predicted octanol–water partition coefficient (Wildman–Crippen LogP) is 1.85. The molecule has 4 nitrogen and oxygen atoms in total. The highest BCUT2D eigenvalue weighted by atomic mass is 79.9. The molecule has 0 saturated carbocycles. The Kier molecular flexibility index (Phi) is 5.21. The summed E-state index contributed by atoms with van der Waals surface area (Å²) < 4.78 is 0.735. The highest BCUT2D eigenvalue weighted by Gasteiger charge is 2.23. The van der Waals surface area contributed by atoms with Crippen LogP contribution in [0.3, 0.4) is 0 Å². The van der Waals surface area contributed by atoms with Crippen LogP contribution in [-0.4, -0.2) is 60.1 Å². The maximum absolute atomic E-state index is 12.4. The lowest BCUT2D eigenvalue weighted by atomic mass is 10.2. The smallest absolute Gasteiger partial charge is 0.255 e. The summed E-state index contributed by atoms with van der Waals surface area (Å²) in [6, 6.07) is 5.37. The summed E-state index contributed by atoms with van der Waals surface area (Å²) in [5.41, 5.74) is 0.534. The summed E-state index contributed by atoms with van der Waals surface area (Å²) in [6.07, 6.45) is 0. The molecule has 0 atom stereocenters. The Labute approximate surface area is 126 Å². The highest BCUT2D eigenvalue weighted by Crippen LogP contribution is 2.27. The third-order valence-electron chi connectivity index (χ3n) is 3.26. The predicted molar refractivity (Wildman–Crippen MR) is 78.6 cm³/mol. The third kappa shape index (κ3) is 3.48. The van der Waals surface area contributed by atoms with Gasteiger partial charge in [-0.3, -0.25) is 9.69 Å². The van der Waals surface area contributed by atoms with Crippen molar-refractivity contribution in [3.8, 4) is 0 Å². The van der Waals surface area contributed by atoms with Gasteiger partial charge in [-0.25, -0.2) is 0 Å². The van der Waals surface area contributed by atoms with Crippen LogP contribution < -0.4 is 0 Å². The number of aliphatic hydroxyl groups excluding tert-OH is 1. The molecule has 1 fully saturated rings. The van der Waals surface area contributed by atoms with Gasteiger partial charge in [0.2, 0.25) is 0 Å². The molecule has 104 valence electrons. The van der Waals surface area contributed by atoms with E-state index in [1.807, 2.05) is 17.0 Å². The summed E-state index contributed by atoms with van der Waals surface area (Å²) in [5.74, 6) is -0.0325. The largest absolute Gasteiger partial charge is 0.395 e.